The zero-order valence-electron chi connectivity index (χ0n) is 9.14. The van der Waals surface area contributed by atoms with Crippen molar-refractivity contribution in [1.82, 2.24) is 0 Å². The summed E-state index contributed by atoms with van der Waals surface area (Å²) < 4.78 is 0. The summed E-state index contributed by atoms with van der Waals surface area (Å²) in [7, 11) is 0. The molecular weight excluding hydrogens is 160 g/mol. The summed E-state index contributed by atoms with van der Waals surface area (Å²) in [5.74, 6) is 0.214. The molecule has 1 atom stereocenters. The van der Waals surface area contributed by atoms with Crippen molar-refractivity contribution in [3.8, 4) is 0 Å². The summed E-state index contributed by atoms with van der Waals surface area (Å²) in [6, 6.07) is 0. The summed E-state index contributed by atoms with van der Waals surface area (Å²) in [6.07, 6.45) is 11.8. The molecule has 0 amide bonds. The van der Waals surface area contributed by atoms with Gasteiger partial charge >= 0.3 is 0 Å². The molecule has 1 heteroatoms. The molecule has 77 valence electrons. The second-order valence-corrected chi connectivity index (χ2v) is 3.81. The lowest BCUT2D eigenvalue weighted by molar-refractivity contribution is 0.467. The Morgan fingerprint density at radius 1 is 0.923 bits per heavy atom. The van der Waals surface area contributed by atoms with Crippen LogP contribution in [-0.4, -0.2) is 6.29 Å². The first-order valence-electron chi connectivity index (χ1n) is 5.72. The average molecular weight is 183 g/mol. The molecule has 0 aliphatic rings. The second kappa shape index (κ2) is 9.76. The van der Waals surface area contributed by atoms with Gasteiger partial charge in [-0.25, -0.2) is 0 Å². The standard InChI is InChI=1S/C12H23O/c1-3-5-6-7-8-10-12(11-13)9-4-2/h12H,3-10H2,1-2H3. The van der Waals surface area contributed by atoms with Gasteiger partial charge in [-0.3, -0.25) is 4.79 Å². The number of rotatable bonds is 9. The van der Waals surface area contributed by atoms with E-state index >= 15 is 0 Å². The van der Waals surface area contributed by atoms with Gasteiger partial charge < -0.3 is 0 Å². The van der Waals surface area contributed by atoms with E-state index in [0.29, 0.717) is 0 Å². The van der Waals surface area contributed by atoms with E-state index in [-0.39, 0.29) is 5.92 Å². The molecule has 0 saturated heterocycles. The van der Waals surface area contributed by atoms with E-state index in [1.807, 2.05) is 0 Å². The van der Waals surface area contributed by atoms with Gasteiger partial charge in [0.25, 0.3) is 0 Å². The molecule has 0 saturated carbocycles. The molecule has 0 N–H and O–H groups in total. The third-order valence-electron chi connectivity index (χ3n) is 2.46. The minimum Gasteiger partial charge on any atom is -0.291 e. The zero-order chi connectivity index (χ0) is 9.94. The first-order chi connectivity index (χ1) is 6.35. The van der Waals surface area contributed by atoms with E-state index in [1.165, 1.54) is 32.1 Å². The fraction of sp³-hybridized carbons (Fsp3) is 0.917. The van der Waals surface area contributed by atoms with Crippen molar-refractivity contribution in [3.05, 3.63) is 0 Å². The highest BCUT2D eigenvalue weighted by Crippen LogP contribution is 2.14. The summed E-state index contributed by atoms with van der Waals surface area (Å²) in [4.78, 5) is 10.5. The Balaban J connectivity index is 3.22. The highest BCUT2D eigenvalue weighted by Gasteiger charge is 2.05. The van der Waals surface area contributed by atoms with Gasteiger partial charge in [-0.2, -0.15) is 0 Å². The Bertz CT molecular complexity index is 110. The molecule has 13 heavy (non-hydrogen) atoms. The lowest BCUT2D eigenvalue weighted by atomic mass is 9.97. The maximum absolute atomic E-state index is 10.5. The second-order valence-electron chi connectivity index (χ2n) is 3.81. The van der Waals surface area contributed by atoms with E-state index in [1.54, 1.807) is 0 Å². The van der Waals surface area contributed by atoms with Gasteiger partial charge in [0.2, 0.25) is 6.29 Å². The van der Waals surface area contributed by atoms with Gasteiger partial charge in [0, 0.05) is 5.92 Å². The van der Waals surface area contributed by atoms with E-state index < -0.39 is 0 Å². The molecule has 0 heterocycles. The van der Waals surface area contributed by atoms with Crippen molar-refractivity contribution in [1.29, 1.82) is 0 Å². The van der Waals surface area contributed by atoms with Crippen LogP contribution in [0.1, 0.15) is 65.2 Å². The fourth-order valence-corrected chi connectivity index (χ4v) is 1.60. The first kappa shape index (κ1) is 12.7. The van der Waals surface area contributed by atoms with Crippen LogP contribution >= 0.6 is 0 Å². The summed E-state index contributed by atoms with van der Waals surface area (Å²) >= 11 is 0. The Morgan fingerprint density at radius 3 is 2.15 bits per heavy atom. The number of hydrogen-bond donors (Lipinski definition) is 0. The van der Waals surface area contributed by atoms with Crippen LogP contribution in [-0.2, 0) is 4.79 Å². The van der Waals surface area contributed by atoms with Gasteiger partial charge in [-0.15, -0.1) is 0 Å². The third-order valence-corrected chi connectivity index (χ3v) is 2.46. The molecule has 0 bridgehead atoms. The quantitative estimate of drug-likeness (QED) is 0.496. The first-order valence-corrected chi connectivity index (χ1v) is 5.72. The van der Waals surface area contributed by atoms with E-state index in [0.717, 1.165) is 19.3 Å². The largest absolute Gasteiger partial charge is 0.291 e. The lowest BCUT2D eigenvalue weighted by Gasteiger charge is -2.06. The van der Waals surface area contributed by atoms with Crippen LogP contribution in [0.5, 0.6) is 0 Å². The van der Waals surface area contributed by atoms with Crippen molar-refractivity contribution in [2.24, 2.45) is 5.92 Å². The Labute approximate surface area is 82.9 Å². The van der Waals surface area contributed by atoms with Crippen molar-refractivity contribution >= 4 is 6.29 Å². The zero-order valence-corrected chi connectivity index (χ0v) is 9.14. The SMILES string of the molecule is CCCCCCCC([C]=O)CCC. The van der Waals surface area contributed by atoms with Crippen LogP contribution in [0.3, 0.4) is 0 Å². The van der Waals surface area contributed by atoms with Gasteiger partial charge in [0.15, 0.2) is 0 Å². The molecule has 0 aliphatic carbocycles. The van der Waals surface area contributed by atoms with Crippen molar-refractivity contribution < 1.29 is 4.79 Å². The van der Waals surface area contributed by atoms with Crippen LogP contribution in [0.25, 0.3) is 0 Å². The molecule has 0 aromatic carbocycles. The number of carbonyl (C=O) groups excluding carboxylic acids is 1. The van der Waals surface area contributed by atoms with E-state index in [9.17, 15) is 4.79 Å². The van der Waals surface area contributed by atoms with Crippen molar-refractivity contribution in [2.75, 3.05) is 0 Å². The van der Waals surface area contributed by atoms with Crippen LogP contribution in [0.15, 0.2) is 0 Å². The Hall–Kier alpha value is -0.330. The van der Waals surface area contributed by atoms with E-state index in [2.05, 4.69) is 20.1 Å². The van der Waals surface area contributed by atoms with Gasteiger partial charge in [-0.05, 0) is 12.8 Å². The van der Waals surface area contributed by atoms with Crippen LogP contribution < -0.4 is 0 Å². The molecule has 0 aliphatic heterocycles. The van der Waals surface area contributed by atoms with Gasteiger partial charge in [-0.1, -0.05) is 52.4 Å². The predicted molar refractivity (Wildman–Crippen MR) is 57.5 cm³/mol. The number of hydrogen-bond acceptors (Lipinski definition) is 1. The highest BCUT2D eigenvalue weighted by atomic mass is 16.1. The predicted octanol–water partition coefficient (Wildman–Crippen LogP) is 3.87. The molecular formula is C12H23O. The average Bonchev–Trinajstić information content (AvgIpc) is 2.16. The topological polar surface area (TPSA) is 17.1 Å². The molecule has 1 nitrogen and oxygen atoms in total. The van der Waals surface area contributed by atoms with Gasteiger partial charge in [0.1, 0.15) is 0 Å². The van der Waals surface area contributed by atoms with Crippen molar-refractivity contribution in [2.45, 2.75) is 65.2 Å². The minimum absolute atomic E-state index is 0.214. The number of unbranched alkanes of at least 4 members (excludes halogenated alkanes) is 4. The van der Waals surface area contributed by atoms with Crippen LogP contribution in [0, 0.1) is 5.92 Å². The summed E-state index contributed by atoms with van der Waals surface area (Å²) in [5.41, 5.74) is 0. The Kier molecular flexibility index (Phi) is 9.51. The summed E-state index contributed by atoms with van der Waals surface area (Å²) in [5, 5.41) is 0. The monoisotopic (exact) mass is 183 g/mol. The van der Waals surface area contributed by atoms with Crippen molar-refractivity contribution in [3.63, 3.8) is 0 Å². The van der Waals surface area contributed by atoms with Crippen LogP contribution in [0.2, 0.25) is 0 Å². The maximum atomic E-state index is 10.5. The van der Waals surface area contributed by atoms with E-state index in [4.69, 9.17) is 0 Å². The summed E-state index contributed by atoms with van der Waals surface area (Å²) in [6.45, 7) is 4.35. The molecule has 0 spiro atoms. The lowest BCUT2D eigenvalue weighted by Crippen LogP contribution is -2.00. The maximum Gasteiger partial charge on any atom is 0.201 e. The third kappa shape index (κ3) is 8.01. The molecule has 0 aromatic rings. The molecule has 0 aromatic heterocycles. The fourth-order valence-electron chi connectivity index (χ4n) is 1.60. The molecule has 1 radical (unpaired) electrons. The Morgan fingerprint density at radius 2 is 1.62 bits per heavy atom. The van der Waals surface area contributed by atoms with Crippen LogP contribution in [0.4, 0.5) is 0 Å². The molecule has 0 fully saturated rings. The molecule has 1 unspecified atom stereocenters. The molecule has 0 rings (SSSR count). The normalized spacial score (nSPS) is 12.8. The smallest absolute Gasteiger partial charge is 0.201 e. The van der Waals surface area contributed by atoms with Gasteiger partial charge in [0.05, 0.1) is 0 Å². The minimum atomic E-state index is 0.214. The highest BCUT2D eigenvalue weighted by molar-refractivity contribution is 5.54.